The highest BCUT2D eigenvalue weighted by atomic mass is 16.3. The number of fused-ring (bicyclic) bond motifs is 2. The third-order valence-corrected chi connectivity index (χ3v) is 8.19. The molecule has 32 heavy (non-hydrogen) atoms. The van der Waals surface area contributed by atoms with Gasteiger partial charge in [-0.2, -0.15) is 0 Å². The first kappa shape index (κ1) is 21.0. The number of carbonyl (C=O) groups excluding carboxylic acids is 2. The molecule has 2 fully saturated rings. The Morgan fingerprint density at radius 1 is 1.09 bits per heavy atom. The number of benzene rings is 2. The number of hydrogen-bond donors (Lipinski definition) is 3. The number of nitrogens with one attached hydrogen (secondary N) is 2. The SMILES string of the molecule is Cc1ccc(C(=O)NCc2ccc3c(c2)CCC3NC(=O)C2C[C@@H]3[C@H](C2)C3(C)C)c(O)c1. The van der Waals surface area contributed by atoms with E-state index in [9.17, 15) is 14.7 Å². The zero-order valence-electron chi connectivity index (χ0n) is 19.1. The van der Waals surface area contributed by atoms with Gasteiger partial charge in [0.05, 0.1) is 11.6 Å². The van der Waals surface area contributed by atoms with Gasteiger partial charge in [0.15, 0.2) is 0 Å². The molecule has 168 valence electrons. The quantitative estimate of drug-likeness (QED) is 0.655. The number of rotatable bonds is 5. The lowest BCUT2D eigenvalue weighted by Crippen LogP contribution is -2.33. The van der Waals surface area contributed by atoms with Gasteiger partial charge in [-0.3, -0.25) is 9.59 Å². The average Bonchev–Trinajstić information content (AvgIpc) is 3.16. The fraction of sp³-hybridized carbons (Fsp3) is 0.481. The Morgan fingerprint density at radius 2 is 1.84 bits per heavy atom. The van der Waals surface area contributed by atoms with Crippen molar-refractivity contribution in [3.05, 3.63) is 64.2 Å². The van der Waals surface area contributed by atoms with Crippen molar-refractivity contribution in [2.75, 3.05) is 0 Å². The summed E-state index contributed by atoms with van der Waals surface area (Å²) in [5.74, 6) is 1.57. The topological polar surface area (TPSA) is 78.4 Å². The molecular formula is C27H32N2O3. The Morgan fingerprint density at radius 3 is 2.56 bits per heavy atom. The minimum Gasteiger partial charge on any atom is -0.507 e. The summed E-state index contributed by atoms with van der Waals surface area (Å²) in [5, 5.41) is 16.2. The largest absolute Gasteiger partial charge is 0.507 e. The number of aromatic hydroxyl groups is 1. The molecule has 0 saturated heterocycles. The fourth-order valence-corrected chi connectivity index (χ4v) is 6.05. The molecule has 2 unspecified atom stereocenters. The summed E-state index contributed by atoms with van der Waals surface area (Å²) < 4.78 is 0. The molecular weight excluding hydrogens is 400 g/mol. The molecule has 0 heterocycles. The number of hydrogen-bond acceptors (Lipinski definition) is 3. The second-order valence-corrected chi connectivity index (χ2v) is 10.5. The Hall–Kier alpha value is -2.82. The van der Waals surface area contributed by atoms with Crippen molar-refractivity contribution in [3.63, 3.8) is 0 Å². The van der Waals surface area contributed by atoms with Gasteiger partial charge in [0.25, 0.3) is 5.91 Å². The Labute approximate surface area is 189 Å². The van der Waals surface area contributed by atoms with Gasteiger partial charge >= 0.3 is 0 Å². The van der Waals surface area contributed by atoms with Crippen molar-refractivity contribution in [1.29, 1.82) is 0 Å². The number of phenols is 1. The van der Waals surface area contributed by atoms with Crippen LogP contribution in [0.2, 0.25) is 0 Å². The fourth-order valence-electron chi connectivity index (χ4n) is 6.05. The molecule has 5 heteroatoms. The molecule has 0 bridgehead atoms. The van der Waals surface area contributed by atoms with Crippen LogP contribution in [0.25, 0.3) is 0 Å². The number of carbonyl (C=O) groups is 2. The van der Waals surface area contributed by atoms with Gasteiger partial charge in [0, 0.05) is 12.5 Å². The predicted molar refractivity (Wildman–Crippen MR) is 123 cm³/mol. The van der Waals surface area contributed by atoms with E-state index >= 15 is 0 Å². The third kappa shape index (κ3) is 3.68. The van der Waals surface area contributed by atoms with E-state index in [0.717, 1.165) is 48.6 Å². The third-order valence-electron chi connectivity index (χ3n) is 8.19. The highest BCUT2D eigenvalue weighted by molar-refractivity contribution is 5.96. The lowest BCUT2D eigenvalue weighted by molar-refractivity contribution is -0.126. The normalized spacial score (nSPS) is 26.8. The maximum Gasteiger partial charge on any atom is 0.255 e. The molecule has 2 saturated carbocycles. The zero-order valence-corrected chi connectivity index (χ0v) is 19.1. The second-order valence-electron chi connectivity index (χ2n) is 10.5. The molecule has 3 aliphatic carbocycles. The van der Waals surface area contributed by atoms with Crippen molar-refractivity contribution in [2.24, 2.45) is 23.2 Å². The van der Waals surface area contributed by atoms with E-state index in [1.165, 1.54) is 11.1 Å². The van der Waals surface area contributed by atoms with Gasteiger partial charge in [-0.15, -0.1) is 0 Å². The molecule has 4 atom stereocenters. The molecule has 0 radical (unpaired) electrons. The lowest BCUT2D eigenvalue weighted by atomic mass is 9.92. The standard InChI is InChI=1S/C27H32N2O3/c1-15-4-7-20(24(30)10-15)26(32)28-14-16-5-8-19-17(11-16)6-9-23(19)29-25(31)18-12-21-22(13-18)27(21,2)3/h4-5,7-8,10-11,18,21-23,30H,6,9,12-14H2,1-3H3,(H,28,32)(H,29,31)/t18?,21-,22+,23?. The predicted octanol–water partition coefficient (Wildman–Crippen LogP) is 4.42. The van der Waals surface area contributed by atoms with Gasteiger partial charge in [-0.1, -0.05) is 38.1 Å². The van der Waals surface area contributed by atoms with Gasteiger partial charge in [-0.25, -0.2) is 0 Å². The molecule has 0 spiro atoms. The van der Waals surface area contributed by atoms with E-state index in [0.29, 0.717) is 12.0 Å². The van der Waals surface area contributed by atoms with Crippen LogP contribution in [-0.4, -0.2) is 16.9 Å². The number of amides is 2. The highest BCUT2D eigenvalue weighted by Gasteiger charge is 2.63. The number of phenolic OH excluding ortho intramolecular Hbond substituents is 1. The van der Waals surface area contributed by atoms with Crippen molar-refractivity contribution in [3.8, 4) is 5.75 Å². The van der Waals surface area contributed by atoms with Crippen LogP contribution in [0, 0.1) is 30.1 Å². The molecule has 2 amide bonds. The summed E-state index contributed by atoms with van der Waals surface area (Å²) in [4.78, 5) is 25.3. The number of aryl methyl sites for hydroxylation is 2. The van der Waals surface area contributed by atoms with Gasteiger partial charge in [0.1, 0.15) is 5.75 Å². The molecule has 0 aromatic heterocycles. The molecule has 0 aliphatic heterocycles. The van der Waals surface area contributed by atoms with Gasteiger partial charge in [-0.05, 0) is 84.2 Å². The molecule has 5 rings (SSSR count). The van der Waals surface area contributed by atoms with Crippen LogP contribution in [0.15, 0.2) is 36.4 Å². The lowest BCUT2D eigenvalue weighted by Gasteiger charge is -2.20. The van der Waals surface area contributed by atoms with E-state index in [4.69, 9.17) is 0 Å². The minimum atomic E-state index is -0.286. The van der Waals surface area contributed by atoms with Gasteiger partial charge < -0.3 is 15.7 Å². The van der Waals surface area contributed by atoms with Gasteiger partial charge in [0.2, 0.25) is 5.91 Å². The first-order chi connectivity index (χ1) is 15.2. The first-order valence-corrected chi connectivity index (χ1v) is 11.7. The molecule has 2 aromatic carbocycles. The summed E-state index contributed by atoms with van der Waals surface area (Å²) in [5.41, 5.74) is 5.11. The van der Waals surface area contributed by atoms with Crippen LogP contribution in [0.3, 0.4) is 0 Å². The van der Waals surface area contributed by atoms with E-state index in [1.54, 1.807) is 12.1 Å². The van der Waals surface area contributed by atoms with E-state index in [2.05, 4.69) is 36.6 Å². The summed E-state index contributed by atoms with van der Waals surface area (Å²) in [6.45, 7) is 6.93. The molecule has 5 nitrogen and oxygen atoms in total. The van der Waals surface area contributed by atoms with Crippen molar-refractivity contribution < 1.29 is 14.7 Å². The molecule has 3 N–H and O–H groups in total. The second kappa shape index (κ2) is 7.65. The summed E-state index contributed by atoms with van der Waals surface area (Å²) in [7, 11) is 0. The van der Waals surface area contributed by atoms with Crippen molar-refractivity contribution >= 4 is 11.8 Å². The first-order valence-electron chi connectivity index (χ1n) is 11.7. The monoisotopic (exact) mass is 432 g/mol. The van der Waals surface area contributed by atoms with Crippen molar-refractivity contribution in [1.82, 2.24) is 10.6 Å². The summed E-state index contributed by atoms with van der Waals surface area (Å²) >= 11 is 0. The maximum absolute atomic E-state index is 12.8. The average molecular weight is 433 g/mol. The summed E-state index contributed by atoms with van der Waals surface area (Å²) in [6.07, 6.45) is 3.94. The molecule has 3 aliphatic rings. The van der Waals surface area contributed by atoms with Crippen LogP contribution < -0.4 is 10.6 Å². The van der Waals surface area contributed by atoms with Crippen LogP contribution >= 0.6 is 0 Å². The Kier molecular flexibility index (Phi) is 5.03. The van der Waals surface area contributed by atoms with E-state index < -0.39 is 0 Å². The molecule has 2 aromatic rings. The Balaban J connectivity index is 1.18. The highest BCUT2D eigenvalue weighted by Crippen LogP contribution is 2.68. The maximum atomic E-state index is 12.8. The van der Waals surface area contributed by atoms with Crippen LogP contribution in [0.4, 0.5) is 0 Å². The minimum absolute atomic E-state index is 0.00170. The zero-order chi connectivity index (χ0) is 22.6. The van der Waals surface area contributed by atoms with Crippen LogP contribution in [-0.2, 0) is 17.8 Å². The Bertz CT molecular complexity index is 1080. The van der Waals surface area contributed by atoms with Crippen LogP contribution in [0.1, 0.15) is 71.8 Å². The smallest absolute Gasteiger partial charge is 0.255 e. The summed E-state index contributed by atoms with van der Waals surface area (Å²) in [6, 6.07) is 11.4. The van der Waals surface area contributed by atoms with Crippen LogP contribution in [0.5, 0.6) is 5.75 Å². The van der Waals surface area contributed by atoms with Crippen molar-refractivity contribution in [2.45, 2.75) is 59.0 Å². The van der Waals surface area contributed by atoms with E-state index in [-0.39, 0.29) is 35.1 Å². The van der Waals surface area contributed by atoms with E-state index in [1.807, 2.05) is 19.1 Å².